The predicted octanol–water partition coefficient (Wildman–Crippen LogP) is 3.26. The second kappa shape index (κ2) is 4.40. The largest absolute Gasteiger partial charge is 0.465 e. The molecule has 0 spiro atoms. The molecule has 2 nitrogen and oxygen atoms in total. The number of furan rings is 1. The molecule has 15 heavy (non-hydrogen) atoms. The summed E-state index contributed by atoms with van der Waals surface area (Å²) in [6, 6.07) is 4.08. The van der Waals surface area contributed by atoms with Crippen LogP contribution in [0.4, 0.5) is 0 Å². The first-order chi connectivity index (χ1) is 7.24. The maximum atomic E-state index is 5.52. The van der Waals surface area contributed by atoms with Gasteiger partial charge in [-0.1, -0.05) is 13.3 Å². The van der Waals surface area contributed by atoms with Crippen molar-refractivity contribution in [3.05, 3.63) is 23.7 Å². The second-order valence-electron chi connectivity index (χ2n) is 4.82. The molecule has 0 bridgehead atoms. The SMILES string of the molecule is CCC1(CNCc2ccc(C)o2)CCC1. The maximum absolute atomic E-state index is 5.52. The average Bonchev–Trinajstić information content (AvgIpc) is 2.56. The van der Waals surface area contributed by atoms with Crippen LogP contribution < -0.4 is 5.32 Å². The third-order valence-corrected chi connectivity index (χ3v) is 3.76. The van der Waals surface area contributed by atoms with Crippen molar-refractivity contribution in [2.45, 2.75) is 46.1 Å². The van der Waals surface area contributed by atoms with Gasteiger partial charge in [-0.3, -0.25) is 0 Å². The number of hydrogen-bond donors (Lipinski definition) is 1. The van der Waals surface area contributed by atoms with E-state index < -0.39 is 0 Å². The molecule has 1 fully saturated rings. The molecule has 2 rings (SSSR count). The summed E-state index contributed by atoms with van der Waals surface area (Å²) in [5.74, 6) is 2.05. The number of hydrogen-bond acceptors (Lipinski definition) is 2. The van der Waals surface area contributed by atoms with E-state index in [1.807, 2.05) is 13.0 Å². The van der Waals surface area contributed by atoms with E-state index in [0.29, 0.717) is 5.41 Å². The Kier molecular flexibility index (Phi) is 3.15. The molecule has 2 heteroatoms. The van der Waals surface area contributed by atoms with Crippen LogP contribution in [0.15, 0.2) is 16.5 Å². The highest BCUT2D eigenvalue weighted by atomic mass is 16.3. The van der Waals surface area contributed by atoms with Crippen molar-refractivity contribution >= 4 is 0 Å². The second-order valence-corrected chi connectivity index (χ2v) is 4.82. The molecule has 1 aliphatic rings. The highest BCUT2D eigenvalue weighted by Crippen LogP contribution is 2.43. The first-order valence-electron chi connectivity index (χ1n) is 6.00. The summed E-state index contributed by atoms with van der Waals surface area (Å²) in [6.45, 7) is 6.31. The van der Waals surface area contributed by atoms with Gasteiger partial charge in [0.25, 0.3) is 0 Å². The third kappa shape index (κ3) is 2.43. The summed E-state index contributed by atoms with van der Waals surface area (Å²) in [4.78, 5) is 0. The van der Waals surface area contributed by atoms with Gasteiger partial charge in [0.2, 0.25) is 0 Å². The lowest BCUT2D eigenvalue weighted by Gasteiger charge is -2.41. The number of nitrogens with one attached hydrogen (secondary N) is 1. The van der Waals surface area contributed by atoms with Crippen LogP contribution in [0.25, 0.3) is 0 Å². The van der Waals surface area contributed by atoms with E-state index in [1.54, 1.807) is 0 Å². The summed E-state index contributed by atoms with van der Waals surface area (Å²) in [7, 11) is 0. The maximum Gasteiger partial charge on any atom is 0.117 e. The van der Waals surface area contributed by atoms with E-state index in [0.717, 1.165) is 24.6 Å². The first-order valence-corrected chi connectivity index (χ1v) is 6.00. The molecular weight excluding hydrogens is 186 g/mol. The van der Waals surface area contributed by atoms with Crippen molar-refractivity contribution in [2.75, 3.05) is 6.54 Å². The minimum Gasteiger partial charge on any atom is -0.465 e. The Hall–Kier alpha value is -0.760. The van der Waals surface area contributed by atoms with Crippen LogP contribution in [-0.4, -0.2) is 6.54 Å². The standard InChI is InChI=1S/C13H21NO/c1-3-13(7-4-8-13)10-14-9-12-6-5-11(2)15-12/h5-6,14H,3-4,7-10H2,1-2H3. The zero-order valence-electron chi connectivity index (χ0n) is 9.81. The first kappa shape index (κ1) is 10.7. The monoisotopic (exact) mass is 207 g/mol. The molecule has 0 atom stereocenters. The van der Waals surface area contributed by atoms with Crippen molar-refractivity contribution in [1.29, 1.82) is 0 Å². The van der Waals surface area contributed by atoms with E-state index in [4.69, 9.17) is 4.42 Å². The Bertz CT molecular complexity index is 307. The molecule has 84 valence electrons. The fraction of sp³-hybridized carbons (Fsp3) is 0.692. The lowest BCUT2D eigenvalue weighted by Crippen LogP contribution is -2.39. The molecule has 1 aliphatic carbocycles. The van der Waals surface area contributed by atoms with Crippen LogP contribution in [-0.2, 0) is 6.54 Å². The molecule has 1 aromatic heterocycles. The van der Waals surface area contributed by atoms with Gasteiger partial charge >= 0.3 is 0 Å². The minimum absolute atomic E-state index is 0.599. The molecule has 1 N–H and O–H groups in total. The lowest BCUT2D eigenvalue weighted by molar-refractivity contribution is 0.123. The molecule has 0 unspecified atom stereocenters. The quantitative estimate of drug-likeness (QED) is 0.801. The summed E-state index contributed by atoms with van der Waals surface area (Å²) in [5, 5.41) is 3.51. The van der Waals surface area contributed by atoms with Gasteiger partial charge in [-0.25, -0.2) is 0 Å². The van der Waals surface area contributed by atoms with Crippen LogP contribution in [0.2, 0.25) is 0 Å². The van der Waals surface area contributed by atoms with Gasteiger partial charge in [-0.05, 0) is 43.7 Å². The fourth-order valence-corrected chi connectivity index (χ4v) is 2.36. The van der Waals surface area contributed by atoms with Crippen molar-refractivity contribution in [3.63, 3.8) is 0 Å². The molecule has 0 aliphatic heterocycles. The smallest absolute Gasteiger partial charge is 0.117 e. The van der Waals surface area contributed by atoms with Crippen LogP contribution in [0.1, 0.15) is 44.1 Å². The normalized spacial score (nSPS) is 18.8. The van der Waals surface area contributed by atoms with Crippen molar-refractivity contribution in [1.82, 2.24) is 5.32 Å². The summed E-state index contributed by atoms with van der Waals surface area (Å²) < 4.78 is 5.52. The van der Waals surface area contributed by atoms with Crippen LogP contribution in [0, 0.1) is 12.3 Å². The van der Waals surface area contributed by atoms with Gasteiger partial charge in [-0.2, -0.15) is 0 Å². The van der Waals surface area contributed by atoms with Gasteiger partial charge in [0.1, 0.15) is 11.5 Å². The molecule has 1 heterocycles. The van der Waals surface area contributed by atoms with Crippen LogP contribution in [0.3, 0.4) is 0 Å². The molecule has 0 amide bonds. The van der Waals surface area contributed by atoms with E-state index in [2.05, 4.69) is 18.3 Å². The zero-order valence-corrected chi connectivity index (χ0v) is 9.81. The van der Waals surface area contributed by atoms with E-state index >= 15 is 0 Å². The Morgan fingerprint density at radius 1 is 1.40 bits per heavy atom. The van der Waals surface area contributed by atoms with Crippen molar-refractivity contribution in [3.8, 4) is 0 Å². The zero-order chi connectivity index (χ0) is 10.7. The minimum atomic E-state index is 0.599. The third-order valence-electron chi connectivity index (χ3n) is 3.76. The molecule has 0 aromatic carbocycles. The Labute approximate surface area is 92.1 Å². The molecular formula is C13H21NO. The topological polar surface area (TPSA) is 25.2 Å². The predicted molar refractivity (Wildman–Crippen MR) is 61.7 cm³/mol. The summed E-state index contributed by atoms with van der Waals surface area (Å²) in [5.41, 5.74) is 0.599. The lowest BCUT2D eigenvalue weighted by atomic mass is 9.67. The number of rotatable bonds is 5. The van der Waals surface area contributed by atoms with E-state index in [1.165, 1.54) is 25.7 Å². The average molecular weight is 207 g/mol. The highest BCUT2D eigenvalue weighted by Gasteiger charge is 2.34. The van der Waals surface area contributed by atoms with Gasteiger partial charge in [0.15, 0.2) is 0 Å². The highest BCUT2D eigenvalue weighted by molar-refractivity contribution is 5.05. The Morgan fingerprint density at radius 3 is 2.67 bits per heavy atom. The Balaban J connectivity index is 1.74. The van der Waals surface area contributed by atoms with Gasteiger partial charge in [0, 0.05) is 6.54 Å². The summed E-state index contributed by atoms with van der Waals surface area (Å²) >= 11 is 0. The number of aryl methyl sites for hydroxylation is 1. The van der Waals surface area contributed by atoms with E-state index in [-0.39, 0.29) is 0 Å². The van der Waals surface area contributed by atoms with Crippen molar-refractivity contribution in [2.24, 2.45) is 5.41 Å². The van der Waals surface area contributed by atoms with Gasteiger partial charge in [0.05, 0.1) is 6.54 Å². The molecule has 1 aromatic rings. The Morgan fingerprint density at radius 2 is 2.20 bits per heavy atom. The molecule has 0 saturated heterocycles. The van der Waals surface area contributed by atoms with Gasteiger partial charge < -0.3 is 9.73 Å². The van der Waals surface area contributed by atoms with Crippen LogP contribution >= 0.6 is 0 Å². The molecule has 1 saturated carbocycles. The van der Waals surface area contributed by atoms with Gasteiger partial charge in [-0.15, -0.1) is 0 Å². The fourth-order valence-electron chi connectivity index (χ4n) is 2.36. The van der Waals surface area contributed by atoms with Crippen LogP contribution in [0.5, 0.6) is 0 Å². The molecule has 0 radical (unpaired) electrons. The van der Waals surface area contributed by atoms with E-state index in [9.17, 15) is 0 Å². The summed E-state index contributed by atoms with van der Waals surface area (Å²) in [6.07, 6.45) is 5.51. The van der Waals surface area contributed by atoms with Crippen molar-refractivity contribution < 1.29 is 4.42 Å².